The molecule has 1 amide bonds. The minimum atomic E-state index is -0.196. The molecule has 0 saturated carbocycles. The topological polar surface area (TPSA) is 61.0 Å². The summed E-state index contributed by atoms with van der Waals surface area (Å²) in [4.78, 5) is 14.5. The number of benzene rings is 2. The van der Waals surface area contributed by atoms with Crippen LogP contribution < -0.4 is 5.32 Å². The smallest absolute Gasteiger partial charge is 0.269 e. The van der Waals surface area contributed by atoms with Crippen LogP contribution in [0, 0.1) is 0 Å². The molecule has 0 aliphatic rings. The second-order valence-electron chi connectivity index (χ2n) is 6.24. The Morgan fingerprint density at radius 1 is 1.15 bits per heavy atom. The third-order valence-electron chi connectivity index (χ3n) is 4.24. The molecule has 1 unspecified atom stereocenters. The molecule has 3 rings (SSSR count). The number of amides is 1. The maximum atomic E-state index is 12.5. The first-order valence-corrected chi connectivity index (χ1v) is 8.74. The van der Waals surface area contributed by atoms with Crippen molar-refractivity contribution >= 4 is 17.5 Å². The predicted octanol–water partition coefficient (Wildman–Crippen LogP) is 3.76. The molecule has 0 fully saturated rings. The summed E-state index contributed by atoms with van der Waals surface area (Å²) in [5.74, 6) is -0.196. The Morgan fingerprint density at radius 3 is 2.54 bits per heavy atom. The molecule has 0 aliphatic heterocycles. The molecular weight excluding hydrogens is 348 g/mol. The Morgan fingerprint density at radius 2 is 1.85 bits per heavy atom. The fraction of sp³-hybridized carbons (Fsp3) is 0.200. The molecule has 1 atom stereocenters. The van der Waals surface area contributed by atoms with E-state index in [0.717, 1.165) is 16.8 Å². The van der Waals surface area contributed by atoms with E-state index in [1.807, 2.05) is 73.6 Å². The maximum Gasteiger partial charge on any atom is 0.269 e. The lowest BCUT2D eigenvalue weighted by atomic mass is 10.1. The van der Waals surface area contributed by atoms with Gasteiger partial charge in [0.2, 0.25) is 0 Å². The number of hydrogen-bond donors (Lipinski definition) is 2. The molecule has 2 aromatic carbocycles. The van der Waals surface area contributed by atoms with Crippen molar-refractivity contribution < 1.29 is 4.79 Å². The van der Waals surface area contributed by atoms with Gasteiger partial charge in [0.05, 0.1) is 11.7 Å². The molecule has 0 radical (unpaired) electrons. The molecule has 0 spiro atoms. The molecule has 3 aromatic rings. The van der Waals surface area contributed by atoms with Gasteiger partial charge >= 0.3 is 0 Å². The van der Waals surface area contributed by atoms with Gasteiger partial charge in [0, 0.05) is 17.1 Å². The van der Waals surface area contributed by atoms with Crippen molar-refractivity contribution in [2.75, 3.05) is 20.6 Å². The van der Waals surface area contributed by atoms with Crippen LogP contribution in [0.15, 0.2) is 60.7 Å². The first kappa shape index (κ1) is 18.2. The highest BCUT2D eigenvalue weighted by Crippen LogP contribution is 2.25. The summed E-state index contributed by atoms with van der Waals surface area (Å²) in [5.41, 5.74) is 3.12. The van der Waals surface area contributed by atoms with Crippen LogP contribution in [0.1, 0.15) is 22.1 Å². The number of carbonyl (C=O) groups is 1. The average molecular weight is 369 g/mol. The lowest BCUT2D eigenvalue weighted by Gasteiger charge is -2.25. The first-order valence-electron chi connectivity index (χ1n) is 8.36. The van der Waals surface area contributed by atoms with Crippen LogP contribution in [-0.2, 0) is 0 Å². The number of hydrogen-bond acceptors (Lipinski definition) is 3. The molecule has 6 heteroatoms. The molecule has 5 nitrogen and oxygen atoms in total. The van der Waals surface area contributed by atoms with Crippen LogP contribution in [0.3, 0.4) is 0 Å². The summed E-state index contributed by atoms with van der Waals surface area (Å²) in [6, 6.07) is 19.1. The van der Waals surface area contributed by atoms with Crippen molar-refractivity contribution in [2.24, 2.45) is 0 Å². The van der Waals surface area contributed by atoms with E-state index in [0.29, 0.717) is 17.3 Å². The average Bonchev–Trinajstić information content (AvgIpc) is 3.14. The van der Waals surface area contributed by atoms with Crippen LogP contribution in [-0.4, -0.2) is 41.6 Å². The molecule has 0 saturated heterocycles. The van der Waals surface area contributed by atoms with E-state index < -0.39 is 0 Å². The van der Waals surface area contributed by atoms with E-state index >= 15 is 0 Å². The number of nitrogens with one attached hydrogen (secondary N) is 2. The molecule has 0 bridgehead atoms. The van der Waals surface area contributed by atoms with Crippen LogP contribution >= 0.6 is 11.6 Å². The zero-order valence-corrected chi connectivity index (χ0v) is 15.5. The van der Waals surface area contributed by atoms with Gasteiger partial charge in [0.1, 0.15) is 5.69 Å². The summed E-state index contributed by atoms with van der Waals surface area (Å²) in [7, 11) is 3.92. The minimum absolute atomic E-state index is 0.0239. The standard InChI is InChI=1S/C20H21ClN4O/c1-25(2)19(15-10-6-7-11-16(15)21)13-22-20(26)18-12-17(23-24-18)14-8-4-3-5-9-14/h3-12,19H,13H2,1-2H3,(H,22,26)(H,23,24). The SMILES string of the molecule is CN(C)C(CNC(=O)c1cc(-c2ccccc2)n[nH]1)c1ccccc1Cl. The highest BCUT2D eigenvalue weighted by atomic mass is 35.5. The van der Waals surface area contributed by atoms with E-state index in [1.165, 1.54) is 0 Å². The number of aromatic nitrogens is 2. The van der Waals surface area contributed by atoms with Crippen LogP contribution in [0.2, 0.25) is 5.02 Å². The lowest BCUT2D eigenvalue weighted by molar-refractivity contribution is 0.0937. The molecule has 1 heterocycles. The number of likely N-dealkylation sites (N-methyl/N-ethyl adjacent to an activating group) is 1. The number of nitrogens with zero attached hydrogens (tertiary/aromatic N) is 2. The number of carbonyl (C=O) groups excluding carboxylic acids is 1. The first-order chi connectivity index (χ1) is 12.6. The molecule has 0 aliphatic carbocycles. The van der Waals surface area contributed by atoms with Crippen LogP contribution in [0.4, 0.5) is 0 Å². The predicted molar refractivity (Wildman–Crippen MR) is 104 cm³/mol. The van der Waals surface area contributed by atoms with Gasteiger partial charge in [-0.15, -0.1) is 0 Å². The summed E-state index contributed by atoms with van der Waals surface area (Å²) in [6.45, 7) is 0.440. The number of rotatable bonds is 6. The largest absolute Gasteiger partial charge is 0.349 e. The second kappa shape index (κ2) is 8.17. The van der Waals surface area contributed by atoms with Crippen molar-refractivity contribution in [3.63, 3.8) is 0 Å². The Labute approximate surface area is 158 Å². The Kier molecular flexibility index (Phi) is 5.71. The number of halogens is 1. The van der Waals surface area contributed by atoms with Crippen molar-refractivity contribution in [2.45, 2.75) is 6.04 Å². The van der Waals surface area contributed by atoms with Gasteiger partial charge in [0.25, 0.3) is 5.91 Å². The monoisotopic (exact) mass is 368 g/mol. The van der Waals surface area contributed by atoms with E-state index in [4.69, 9.17) is 11.6 Å². The van der Waals surface area contributed by atoms with Gasteiger partial charge in [0.15, 0.2) is 0 Å². The van der Waals surface area contributed by atoms with Gasteiger partial charge in [-0.3, -0.25) is 9.89 Å². The third kappa shape index (κ3) is 4.12. The quantitative estimate of drug-likeness (QED) is 0.696. The third-order valence-corrected chi connectivity index (χ3v) is 4.58. The van der Waals surface area contributed by atoms with Gasteiger partial charge < -0.3 is 10.2 Å². The van der Waals surface area contributed by atoms with E-state index in [2.05, 4.69) is 15.5 Å². The molecule has 1 aromatic heterocycles. The van der Waals surface area contributed by atoms with E-state index in [1.54, 1.807) is 6.07 Å². The molecule has 26 heavy (non-hydrogen) atoms. The van der Waals surface area contributed by atoms with Crippen molar-refractivity contribution in [1.82, 2.24) is 20.4 Å². The van der Waals surface area contributed by atoms with Crippen molar-refractivity contribution in [1.29, 1.82) is 0 Å². The summed E-state index contributed by atoms with van der Waals surface area (Å²) < 4.78 is 0. The van der Waals surface area contributed by atoms with Gasteiger partial charge in [-0.1, -0.05) is 60.1 Å². The summed E-state index contributed by atoms with van der Waals surface area (Å²) in [5, 5.41) is 10.7. The summed E-state index contributed by atoms with van der Waals surface area (Å²) >= 11 is 6.31. The van der Waals surface area contributed by atoms with Gasteiger partial charge in [-0.2, -0.15) is 5.10 Å². The van der Waals surface area contributed by atoms with Crippen molar-refractivity contribution in [3.8, 4) is 11.3 Å². The Bertz CT molecular complexity index is 876. The Balaban J connectivity index is 1.70. The lowest BCUT2D eigenvalue weighted by Crippen LogP contribution is -2.34. The molecular formula is C20H21ClN4O. The summed E-state index contributed by atoms with van der Waals surface area (Å²) in [6.07, 6.45) is 0. The van der Waals surface area contributed by atoms with Crippen molar-refractivity contribution in [3.05, 3.63) is 76.9 Å². The highest BCUT2D eigenvalue weighted by Gasteiger charge is 2.19. The molecule has 2 N–H and O–H groups in total. The van der Waals surface area contributed by atoms with Gasteiger partial charge in [-0.25, -0.2) is 0 Å². The number of H-pyrrole nitrogens is 1. The fourth-order valence-corrected chi connectivity index (χ4v) is 3.06. The zero-order chi connectivity index (χ0) is 18.5. The minimum Gasteiger partial charge on any atom is -0.349 e. The maximum absolute atomic E-state index is 12.5. The fourth-order valence-electron chi connectivity index (χ4n) is 2.80. The normalized spacial score (nSPS) is 12.2. The zero-order valence-electron chi connectivity index (χ0n) is 14.7. The second-order valence-corrected chi connectivity index (χ2v) is 6.65. The van der Waals surface area contributed by atoms with Gasteiger partial charge in [-0.05, 0) is 31.8 Å². The van der Waals surface area contributed by atoms with Crippen LogP contribution in [0.25, 0.3) is 11.3 Å². The van der Waals surface area contributed by atoms with Crippen LogP contribution in [0.5, 0.6) is 0 Å². The number of aromatic amines is 1. The van der Waals surface area contributed by atoms with E-state index in [-0.39, 0.29) is 11.9 Å². The van der Waals surface area contributed by atoms with E-state index in [9.17, 15) is 4.79 Å². The highest BCUT2D eigenvalue weighted by molar-refractivity contribution is 6.31. The molecule has 134 valence electrons. The Hall–Kier alpha value is -2.63.